The number of ether oxygens (including phenoxy) is 1. The van der Waals surface area contributed by atoms with Gasteiger partial charge < -0.3 is 15.4 Å². The summed E-state index contributed by atoms with van der Waals surface area (Å²) in [4.78, 5) is 13.8. The van der Waals surface area contributed by atoms with Crippen LogP contribution < -0.4 is 5.73 Å². The number of carbonyl (C=O) groups excluding carboxylic acids is 1. The average molecular weight is 228 g/mol. The highest BCUT2D eigenvalue weighted by molar-refractivity contribution is 5.76. The Balaban J connectivity index is 2.32. The Hall–Kier alpha value is -0.610. The highest BCUT2D eigenvalue weighted by atomic mass is 16.5. The molecule has 0 aromatic heterocycles. The van der Waals surface area contributed by atoms with Crippen LogP contribution in [0.1, 0.15) is 33.1 Å². The van der Waals surface area contributed by atoms with Crippen LogP contribution in [-0.2, 0) is 9.53 Å². The number of nitrogens with zero attached hydrogens (tertiary/aromatic N) is 1. The fourth-order valence-electron chi connectivity index (χ4n) is 2.13. The molecule has 1 aliphatic rings. The first-order valence-corrected chi connectivity index (χ1v) is 6.26. The third kappa shape index (κ3) is 4.10. The number of likely N-dealkylation sites (tertiary alicyclic amines) is 1. The average Bonchev–Trinajstić information content (AvgIpc) is 2.29. The number of piperidine rings is 1. The van der Waals surface area contributed by atoms with Gasteiger partial charge in [-0.25, -0.2) is 0 Å². The van der Waals surface area contributed by atoms with Crippen molar-refractivity contribution in [2.75, 3.05) is 26.3 Å². The highest BCUT2D eigenvalue weighted by Crippen LogP contribution is 2.19. The van der Waals surface area contributed by atoms with Crippen molar-refractivity contribution < 1.29 is 9.53 Å². The minimum Gasteiger partial charge on any atom is -0.381 e. The molecule has 1 amide bonds. The minimum atomic E-state index is 0.183. The SMILES string of the molecule is CCOCCC(=O)N1CCCC(C(C)N)C1. The highest BCUT2D eigenvalue weighted by Gasteiger charge is 2.25. The van der Waals surface area contributed by atoms with E-state index in [1.165, 1.54) is 0 Å². The Labute approximate surface area is 98.1 Å². The summed E-state index contributed by atoms with van der Waals surface area (Å²) in [5.41, 5.74) is 5.89. The number of amides is 1. The maximum atomic E-state index is 11.8. The van der Waals surface area contributed by atoms with E-state index in [2.05, 4.69) is 0 Å². The number of rotatable bonds is 5. The predicted octanol–water partition coefficient (Wildman–Crippen LogP) is 0.999. The molecular weight excluding hydrogens is 204 g/mol. The zero-order valence-corrected chi connectivity index (χ0v) is 10.4. The lowest BCUT2D eigenvalue weighted by Gasteiger charge is -2.34. The van der Waals surface area contributed by atoms with E-state index in [0.717, 1.165) is 25.9 Å². The van der Waals surface area contributed by atoms with E-state index in [1.807, 2.05) is 18.7 Å². The molecule has 4 heteroatoms. The molecule has 2 atom stereocenters. The van der Waals surface area contributed by atoms with E-state index in [9.17, 15) is 4.79 Å². The smallest absolute Gasteiger partial charge is 0.224 e. The van der Waals surface area contributed by atoms with Crippen molar-refractivity contribution >= 4 is 5.91 Å². The van der Waals surface area contributed by atoms with Crippen LogP contribution in [0.25, 0.3) is 0 Å². The van der Waals surface area contributed by atoms with Crippen LogP contribution >= 0.6 is 0 Å². The van der Waals surface area contributed by atoms with Gasteiger partial charge in [0.25, 0.3) is 0 Å². The molecule has 0 saturated carbocycles. The minimum absolute atomic E-state index is 0.183. The molecule has 0 radical (unpaired) electrons. The zero-order chi connectivity index (χ0) is 12.0. The van der Waals surface area contributed by atoms with E-state index < -0.39 is 0 Å². The first kappa shape index (κ1) is 13.5. The van der Waals surface area contributed by atoms with Gasteiger partial charge in [0.05, 0.1) is 13.0 Å². The molecule has 0 aromatic rings. The summed E-state index contributed by atoms with van der Waals surface area (Å²) in [5, 5.41) is 0. The largest absolute Gasteiger partial charge is 0.381 e. The van der Waals surface area contributed by atoms with E-state index in [1.54, 1.807) is 0 Å². The third-order valence-corrected chi connectivity index (χ3v) is 3.22. The van der Waals surface area contributed by atoms with Crippen LogP contribution in [0.3, 0.4) is 0 Å². The number of hydrogen-bond donors (Lipinski definition) is 1. The fraction of sp³-hybridized carbons (Fsp3) is 0.917. The van der Waals surface area contributed by atoms with Crippen molar-refractivity contribution in [2.24, 2.45) is 11.7 Å². The lowest BCUT2D eigenvalue weighted by atomic mass is 9.92. The predicted molar refractivity (Wildman–Crippen MR) is 64.1 cm³/mol. The summed E-state index contributed by atoms with van der Waals surface area (Å²) in [6.45, 7) is 6.89. The van der Waals surface area contributed by atoms with Gasteiger partial charge in [0.1, 0.15) is 0 Å². The summed E-state index contributed by atoms with van der Waals surface area (Å²) in [7, 11) is 0. The Morgan fingerprint density at radius 2 is 2.38 bits per heavy atom. The van der Waals surface area contributed by atoms with Crippen LogP contribution in [-0.4, -0.2) is 43.2 Å². The molecule has 1 rings (SSSR count). The molecule has 1 saturated heterocycles. The second kappa shape index (κ2) is 6.86. The van der Waals surface area contributed by atoms with Gasteiger partial charge >= 0.3 is 0 Å². The molecule has 2 unspecified atom stereocenters. The second-order valence-electron chi connectivity index (χ2n) is 4.55. The molecule has 16 heavy (non-hydrogen) atoms. The molecule has 0 aliphatic carbocycles. The number of carbonyl (C=O) groups is 1. The van der Waals surface area contributed by atoms with Crippen molar-refractivity contribution in [3.8, 4) is 0 Å². The molecule has 0 spiro atoms. The first-order valence-electron chi connectivity index (χ1n) is 6.26. The van der Waals surface area contributed by atoms with Gasteiger partial charge in [-0.15, -0.1) is 0 Å². The summed E-state index contributed by atoms with van der Waals surface area (Å²) in [5.74, 6) is 0.670. The van der Waals surface area contributed by atoms with Gasteiger partial charge in [0, 0.05) is 25.7 Å². The van der Waals surface area contributed by atoms with Crippen LogP contribution in [0.15, 0.2) is 0 Å². The van der Waals surface area contributed by atoms with Crippen molar-refractivity contribution in [3.05, 3.63) is 0 Å². The van der Waals surface area contributed by atoms with E-state index in [0.29, 0.717) is 25.6 Å². The van der Waals surface area contributed by atoms with Crippen LogP contribution in [0.5, 0.6) is 0 Å². The molecule has 4 nitrogen and oxygen atoms in total. The lowest BCUT2D eigenvalue weighted by Crippen LogP contribution is -2.45. The molecule has 94 valence electrons. The molecule has 1 aliphatic heterocycles. The second-order valence-corrected chi connectivity index (χ2v) is 4.55. The molecule has 1 fully saturated rings. The van der Waals surface area contributed by atoms with E-state index >= 15 is 0 Å². The van der Waals surface area contributed by atoms with Crippen molar-refractivity contribution in [3.63, 3.8) is 0 Å². The van der Waals surface area contributed by atoms with Crippen LogP contribution in [0, 0.1) is 5.92 Å². The van der Waals surface area contributed by atoms with E-state index in [4.69, 9.17) is 10.5 Å². The van der Waals surface area contributed by atoms with Crippen molar-refractivity contribution in [2.45, 2.75) is 39.2 Å². The Morgan fingerprint density at radius 3 is 3.00 bits per heavy atom. The van der Waals surface area contributed by atoms with Gasteiger partial charge in [0.15, 0.2) is 0 Å². The fourth-order valence-corrected chi connectivity index (χ4v) is 2.13. The normalized spacial score (nSPS) is 23.2. The quantitative estimate of drug-likeness (QED) is 0.714. The maximum absolute atomic E-state index is 11.8. The molecule has 1 heterocycles. The Kier molecular flexibility index (Phi) is 5.77. The molecular formula is C12H24N2O2. The van der Waals surface area contributed by atoms with Gasteiger partial charge in [-0.05, 0) is 32.6 Å². The first-order chi connectivity index (χ1) is 7.65. The Bertz CT molecular complexity index is 219. The summed E-state index contributed by atoms with van der Waals surface area (Å²) >= 11 is 0. The standard InChI is InChI=1S/C12H24N2O2/c1-3-16-8-6-12(15)14-7-4-5-11(9-14)10(2)13/h10-11H,3-9,13H2,1-2H3. The summed E-state index contributed by atoms with van der Waals surface area (Å²) < 4.78 is 5.20. The topological polar surface area (TPSA) is 55.6 Å². The van der Waals surface area contributed by atoms with Gasteiger partial charge in [0.2, 0.25) is 5.91 Å². The lowest BCUT2D eigenvalue weighted by molar-refractivity contribution is -0.134. The Morgan fingerprint density at radius 1 is 1.62 bits per heavy atom. The van der Waals surface area contributed by atoms with Gasteiger partial charge in [-0.1, -0.05) is 0 Å². The summed E-state index contributed by atoms with van der Waals surface area (Å²) in [6.07, 6.45) is 2.72. The van der Waals surface area contributed by atoms with Crippen molar-refractivity contribution in [1.82, 2.24) is 4.90 Å². The van der Waals surface area contributed by atoms with Crippen molar-refractivity contribution in [1.29, 1.82) is 0 Å². The molecule has 0 bridgehead atoms. The van der Waals surface area contributed by atoms with Crippen LogP contribution in [0.4, 0.5) is 0 Å². The van der Waals surface area contributed by atoms with Crippen LogP contribution in [0.2, 0.25) is 0 Å². The molecule has 0 aromatic carbocycles. The van der Waals surface area contributed by atoms with Gasteiger partial charge in [-0.3, -0.25) is 4.79 Å². The summed E-state index contributed by atoms with van der Waals surface area (Å²) in [6, 6.07) is 0.183. The monoisotopic (exact) mass is 228 g/mol. The molecule has 2 N–H and O–H groups in total. The third-order valence-electron chi connectivity index (χ3n) is 3.22. The zero-order valence-electron chi connectivity index (χ0n) is 10.4. The number of nitrogens with two attached hydrogens (primary N) is 1. The number of hydrogen-bond acceptors (Lipinski definition) is 3. The maximum Gasteiger partial charge on any atom is 0.224 e. The van der Waals surface area contributed by atoms with E-state index in [-0.39, 0.29) is 11.9 Å². The van der Waals surface area contributed by atoms with Gasteiger partial charge in [-0.2, -0.15) is 0 Å².